The number of ether oxygens (including phenoxy) is 1. The Balaban J connectivity index is 2.63. The summed E-state index contributed by atoms with van der Waals surface area (Å²) in [5.41, 5.74) is 1.85. The maximum Gasteiger partial charge on any atom is 0.178 e. The molecular formula is C9H9FINO. The molecule has 0 unspecified atom stereocenters. The summed E-state index contributed by atoms with van der Waals surface area (Å²) in [6.07, 6.45) is 0. The summed E-state index contributed by atoms with van der Waals surface area (Å²) in [6.45, 7) is 3.24. The molecule has 1 aromatic carbocycles. The molecule has 0 atom stereocenters. The summed E-state index contributed by atoms with van der Waals surface area (Å²) in [7, 11) is 0. The Morgan fingerprint density at radius 1 is 1.62 bits per heavy atom. The van der Waals surface area contributed by atoms with Gasteiger partial charge in [0.2, 0.25) is 0 Å². The predicted octanol–water partition coefficient (Wildman–Crippen LogP) is 2.54. The van der Waals surface area contributed by atoms with Crippen LogP contribution in [0.2, 0.25) is 0 Å². The van der Waals surface area contributed by atoms with E-state index in [1.807, 2.05) is 6.92 Å². The minimum atomic E-state index is -0.280. The molecule has 0 spiro atoms. The third-order valence-corrected chi connectivity index (χ3v) is 3.20. The molecule has 0 aromatic heterocycles. The van der Waals surface area contributed by atoms with Gasteiger partial charge in [0.1, 0.15) is 6.61 Å². The highest BCUT2D eigenvalue weighted by atomic mass is 127. The lowest BCUT2D eigenvalue weighted by atomic mass is 10.1. The lowest BCUT2D eigenvalue weighted by Crippen LogP contribution is -2.20. The fourth-order valence-electron chi connectivity index (χ4n) is 1.38. The second kappa shape index (κ2) is 3.32. The average molecular weight is 293 g/mol. The largest absolute Gasteiger partial charge is 0.486 e. The Hall–Kier alpha value is -0.520. The van der Waals surface area contributed by atoms with Crippen molar-refractivity contribution < 1.29 is 9.13 Å². The maximum atomic E-state index is 13.3. The third-order valence-electron chi connectivity index (χ3n) is 2.08. The van der Waals surface area contributed by atoms with Crippen LogP contribution < -0.4 is 10.1 Å². The number of benzene rings is 1. The van der Waals surface area contributed by atoms with Crippen LogP contribution in [-0.2, 0) is 0 Å². The molecule has 0 radical (unpaired) electrons. The van der Waals surface area contributed by atoms with Crippen LogP contribution >= 0.6 is 22.6 Å². The van der Waals surface area contributed by atoms with E-state index in [1.54, 1.807) is 0 Å². The van der Waals surface area contributed by atoms with Crippen LogP contribution in [0, 0.1) is 16.3 Å². The molecule has 70 valence electrons. The number of hydrogen-bond acceptors (Lipinski definition) is 2. The minimum absolute atomic E-state index is 0.280. The average Bonchev–Trinajstić information content (AvgIpc) is 2.15. The number of fused-ring (bicyclic) bond motifs is 1. The van der Waals surface area contributed by atoms with Crippen LogP contribution in [0.25, 0.3) is 0 Å². The summed E-state index contributed by atoms with van der Waals surface area (Å²) in [6, 6.07) is 1.50. The molecule has 2 rings (SSSR count). The van der Waals surface area contributed by atoms with E-state index in [0.29, 0.717) is 12.4 Å². The van der Waals surface area contributed by atoms with Gasteiger partial charge >= 0.3 is 0 Å². The fourth-order valence-corrected chi connectivity index (χ4v) is 1.92. The summed E-state index contributed by atoms with van der Waals surface area (Å²) in [5, 5.41) is 3.14. The predicted molar refractivity (Wildman–Crippen MR) is 57.8 cm³/mol. The van der Waals surface area contributed by atoms with E-state index in [0.717, 1.165) is 21.4 Å². The summed E-state index contributed by atoms with van der Waals surface area (Å²) in [5.74, 6) is 0.0846. The molecule has 13 heavy (non-hydrogen) atoms. The molecule has 2 nitrogen and oxygen atoms in total. The Bertz CT molecular complexity index is 354. The quantitative estimate of drug-likeness (QED) is 0.742. The van der Waals surface area contributed by atoms with Gasteiger partial charge in [-0.2, -0.15) is 0 Å². The Morgan fingerprint density at radius 3 is 3.15 bits per heavy atom. The van der Waals surface area contributed by atoms with Crippen LogP contribution in [0.3, 0.4) is 0 Å². The van der Waals surface area contributed by atoms with Crippen molar-refractivity contribution in [2.75, 3.05) is 18.5 Å². The van der Waals surface area contributed by atoms with Gasteiger partial charge in [-0.15, -0.1) is 0 Å². The van der Waals surface area contributed by atoms with E-state index >= 15 is 0 Å². The Morgan fingerprint density at radius 2 is 2.38 bits per heavy atom. The van der Waals surface area contributed by atoms with Gasteiger partial charge in [0.05, 0.1) is 5.69 Å². The van der Waals surface area contributed by atoms with Crippen molar-refractivity contribution in [1.29, 1.82) is 0 Å². The molecule has 0 saturated carbocycles. The molecule has 0 aliphatic carbocycles. The summed E-state index contributed by atoms with van der Waals surface area (Å²) >= 11 is 2.12. The topological polar surface area (TPSA) is 21.3 Å². The molecule has 1 heterocycles. The fraction of sp³-hybridized carbons (Fsp3) is 0.333. The molecule has 0 bridgehead atoms. The molecule has 0 amide bonds. The summed E-state index contributed by atoms with van der Waals surface area (Å²) in [4.78, 5) is 0. The molecule has 1 N–H and O–H groups in total. The van der Waals surface area contributed by atoms with Gasteiger partial charge in [0.15, 0.2) is 11.6 Å². The van der Waals surface area contributed by atoms with Gasteiger partial charge < -0.3 is 10.1 Å². The first-order valence-electron chi connectivity index (χ1n) is 4.05. The normalized spacial score (nSPS) is 14.4. The molecule has 0 fully saturated rings. The Kier molecular flexibility index (Phi) is 2.31. The molecular weight excluding hydrogens is 284 g/mol. The molecule has 0 saturated heterocycles. The van der Waals surface area contributed by atoms with Crippen molar-refractivity contribution in [2.24, 2.45) is 0 Å². The van der Waals surface area contributed by atoms with E-state index in [9.17, 15) is 4.39 Å². The van der Waals surface area contributed by atoms with Crippen molar-refractivity contribution in [2.45, 2.75) is 6.92 Å². The van der Waals surface area contributed by atoms with Gasteiger partial charge in [-0.25, -0.2) is 4.39 Å². The smallest absolute Gasteiger partial charge is 0.178 e. The SMILES string of the molecule is Cc1c(I)cc(F)c2c1NCCO2. The highest BCUT2D eigenvalue weighted by molar-refractivity contribution is 14.1. The number of rotatable bonds is 0. The van der Waals surface area contributed by atoms with Gasteiger partial charge in [0, 0.05) is 10.1 Å². The van der Waals surface area contributed by atoms with Crippen LogP contribution in [0.1, 0.15) is 5.56 Å². The van der Waals surface area contributed by atoms with Gasteiger partial charge in [0.25, 0.3) is 0 Å². The lowest BCUT2D eigenvalue weighted by Gasteiger charge is -2.22. The van der Waals surface area contributed by atoms with E-state index < -0.39 is 0 Å². The van der Waals surface area contributed by atoms with Crippen LogP contribution in [-0.4, -0.2) is 13.2 Å². The highest BCUT2D eigenvalue weighted by Gasteiger charge is 2.18. The van der Waals surface area contributed by atoms with Gasteiger partial charge in [-0.3, -0.25) is 0 Å². The van der Waals surface area contributed by atoms with Gasteiger partial charge in [-0.1, -0.05) is 0 Å². The maximum absolute atomic E-state index is 13.3. The molecule has 1 aliphatic rings. The minimum Gasteiger partial charge on any atom is -0.486 e. The van der Waals surface area contributed by atoms with E-state index in [-0.39, 0.29) is 5.82 Å². The van der Waals surface area contributed by atoms with Crippen molar-refractivity contribution in [3.8, 4) is 5.75 Å². The zero-order valence-electron chi connectivity index (χ0n) is 7.16. The molecule has 4 heteroatoms. The first-order chi connectivity index (χ1) is 6.20. The highest BCUT2D eigenvalue weighted by Crippen LogP contribution is 2.35. The van der Waals surface area contributed by atoms with Crippen LogP contribution in [0.5, 0.6) is 5.75 Å². The molecule has 1 aromatic rings. The van der Waals surface area contributed by atoms with Crippen LogP contribution in [0.4, 0.5) is 10.1 Å². The van der Waals surface area contributed by atoms with Gasteiger partial charge in [-0.05, 0) is 41.1 Å². The van der Waals surface area contributed by atoms with Crippen molar-refractivity contribution in [3.05, 3.63) is 21.0 Å². The van der Waals surface area contributed by atoms with Crippen molar-refractivity contribution in [3.63, 3.8) is 0 Å². The zero-order chi connectivity index (χ0) is 9.42. The lowest BCUT2D eigenvalue weighted by molar-refractivity contribution is 0.305. The van der Waals surface area contributed by atoms with E-state index in [2.05, 4.69) is 27.9 Å². The van der Waals surface area contributed by atoms with Crippen LogP contribution in [0.15, 0.2) is 6.07 Å². The van der Waals surface area contributed by atoms with Crippen molar-refractivity contribution >= 4 is 28.3 Å². The summed E-state index contributed by atoms with van der Waals surface area (Å²) < 4.78 is 19.5. The molecule has 1 aliphatic heterocycles. The second-order valence-corrected chi connectivity index (χ2v) is 4.11. The monoisotopic (exact) mass is 293 g/mol. The third kappa shape index (κ3) is 1.47. The number of nitrogens with one attached hydrogen (secondary N) is 1. The number of halogens is 2. The number of hydrogen-bond donors (Lipinski definition) is 1. The first kappa shape index (κ1) is 9.05. The zero-order valence-corrected chi connectivity index (χ0v) is 9.31. The second-order valence-electron chi connectivity index (χ2n) is 2.94. The number of anilines is 1. The first-order valence-corrected chi connectivity index (χ1v) is 5.13. The van der Waals surface area contributed by atoms with E-state index in [1.165, 1.54) is 6.07 Å². The van der Waals surface area contributed by atoms with Crippen molar-refractivity contribution in [1.82, 2.24) is 0 Å². The van der Waals surface area contributed by atoms with E-state index in [4.69, 9.17) is 4.74 Å². The standard InChI is InChI=1S/C9H9FINO/c1-5-7(11)4-6(10)9-8(5)12-2-3-13-9/h4,12H,2-3H2,1H3. The Labute approximate surface area is 89.6 Å².